The first kappa shape index (κ1) is 17.9. The van der Waals surface area contributed by atoms with Gasteiger partial charge in [-0.25, -0.2) is 0 Å². The molecule has 3 aliphatic heterocycles. The summed E-state index contributed by atoms with van der Waals surface area (Å²) in [6.45, 7) is 1.09. The van der Waals surface area contributed by atoms with Crippen LogP contribution in [0.2, 0.25) is 0 Å². The average molecular weight is 409 g/mol. The number of benzene rings is 3. The smallest absolute Gasteiger partial charge is 0.153 e. The Bertz CT molecular complexity index is 1140. The highest BCUT2D eigenvalue weighted by Gasteiger charge is 2.70. The number of hydrogen-bond donors (Lipinski definition) is 1. The second-order valence-corrected chi connectivity index (χ2v) is 10.0. The minimum atomic E-state index is 0.349. The van der Waals surface area contributed by atoms with Gasteiger partial charge in [0, 0.05) is 36.0 Å². The van der Waals surface area contributed by atoms with E-state index in [2.05, 4.69) is 71.6 Å². The highest BCUT2D eigenvalue weighted by atomic mass is 16.5. The van der Waals surface area contributed by atoms with E-state index >= 15 is 0 Å². The van der Waals surface area contributed by atoms with Crippen LogP contribution in [-0.2, 0) is 6.54 Å². The Labute approximate surface area is 183 Å². The van der Waals surface area contributed by atoms with Crippen molar-refractivity contribution in [3.63, 3.8) is 0 Å². The van der Waals surface area contributed by atoms with Crippen molar-refractivity contribution in [3.8, 4) is 11.5 Å². The van der Waals surface area contributed by atoms with Crippen LogP contribution < -0.4 is 10.5 Å². The zero-order valence-electron chi connectivity index (χ0n) is 17.7. The molecule has 156 valence electrons. The third kappa shape index (κ3) is 2.50. The Morgan fingerprint density at radius 1 is 0.806 bits per heavy atom. The van der Waals surface area contributed by atoms with Crippen LogP contribution in [0.25, 0.3) is 0 Å². The van der Waals surface area contributed by atoms with Crippen molar-refractivity contribution in [2.24, 2.45) is 5.41 Å². The van der Waals surface area contributed by atoms with Crippen molar-refractivity contribution in [1.29, 1.82) is 0 Å². The number of rotatable bonds is 2. The molecule has 2 bridgehead atoms. The molecule has 7 rings (SSSR count). The van der Waals surface area contributed by atoms with Crippen molar-refractivity contribution < 1.29 is 4.74 Å². The fourth-order valence-corrected chi connectivity index (χ4v) is 7.32. The zero-order valence-corrected chi connectivity index (χ0v) is 17.7. The first-order chi connectivity index (χ1) is 15.2. The topological polar surface area (TPSA) is 38.5 Å². The molecule has 3 fully saturated rings. The standard InChI is InChI=1S/C28H28N2O/c29-23-11-6-10-22-26-25(21-9-4-5-12-24(21)31-27(22)23)28(26)15-19-13-14-20(16-28)30(19)17-18-7-2-1-3-8-18/h1-12,19-20,25-26H,13-17,29H2. The number of nitrogens with zero attached hydrogens (tertiary/aromatic N) is 1. The molecule has 2 N–H and O–H groups in total. The minimum absolute atomic E-state index is 0.349. The molecule has 1 aliphatic carbocycles. The number of para-hydroxylation sites is 2. The van der Waals surface area contributed by atoms with Crippen molar-refractivity contribution >= 4 is 5.69 Å². The maximum atomic E-state index is 6.41. The molecule has 3 nitrogen and oxygen atoms in total. The molecule has 3 heteroatoms. The molecule has 4 aliphatic rings. The van der Waals surface area contributed by atoms with Crippen molar-refractivity contribution in [1.82, 2.24) is 4.90 Å². The van der Waals surface area contributed by atoms with Gasteiger partial charge in [-0.1, -0.05) is 60.7 Å². The molecule has 4 unspecified atom stereocenters. The van der Waals surface area contributed by atoms with Gasteiger partial charge in [-0.05, 0) is 54.4 Å². The quantitative estimate of drug-likeness (QED) is 0.523. The molecule has 4 atom stereocenters. The molecule has 0 radical (unpaired) electrons. The molecule has 0 aromatic heterocycles. The van der Waals surface area contributed by atoms with E-state index in [0.29, 0.717) is 29.3 Å². The molecule has 3 heterocycles. The van der Waals surface area contributed by atoms with Gasteiger partial charge in [0.05, 0.1) is 5.69 Å². The van der Waals surface area contributed by atoms with Crippen LogP contribution in [0.4, 0.5) is 5.69 Å². The molecular weight excluding hydrogens is 380 g/mol. The zero-order chi connectivity index (χ0) is 20.6. The Balaban J connectivity index is 1.28. The maximum Gasteiger partial charge on any atom is 0.153 e. The Morgan fingerprint density at radius 2 is 1.48 bits per heavy atom. The lowest BCUT2D eigenvalue weighted by Crippen LogP contribution is -2.43. The number of nitrogens with two attached hydrogens (primary N) is 1. The van der Waals surface area contributed by atoms with Crippen LogP contribution in [0.3, 0.4) is 0 Å². The van der Waals surface area contributed by atoms with E-state index in [9.17, 15) is 0 Å². The predicted molar refractivity (Wildman–Crippen MR) is 123 cm³/mol. The van der Waals surface area contributed by atoms with E-state index in [1.807, 2.05) is 6.07 Å². The number of piperidine rings is 1. The summed E-state index contributed by atoms with van der Waals surface area (Å²) in [6.07, 6.45) is 5.24. The maximum absolute atomic E-state index is 6.41. The van der Waals surface area contributed by atoms with Crippen molar-refractivity contribution in [2.45, 2.75) is 56.1 Å². The van der Waals surface area contributed by atoms with Gasteiger partial charge >= 0.3 is 0 Å². The first-order valence-electron chi connectivity index (χ1n) is 11.7. The number of hydrogen-bond acceptors (Lipinski definition) is 3. The fourth-order valence-electron chi connectivity index (χ4n) is 7.32. The molecule has 3 aromatic carbocycles. The third-order valence-corrected chi connectivity index (χ3v) is 8.55. The molecule has 31 heavy (non-hydrogen) atoms. The van der Waals surface area contributed by atoms with Crippen LogP contribution in [0.15, 0.2) is 72.8 Å². The summed E-state index contributed by atoms with van der Waals surface area (Å²) in [5, 5.41) is 0. The number of nitrogen functional groups attached to an aromatic ring is 1. The van der Waals surface area contributed by atoms with Gasteiger partial charge in [-0.15, -0.1) is 0 Å². The van der Waals surface area contributed by atoms with Gasteiger partial charge in [-0.2, -0.15) is 0 Å². The largest absolute Gasteiger partial charge is 0.455 e. The molecule has 3 aromatic rings. The summed E-state index contributed by atoms with van der Waals surface area (Å²) < 4.78 is 6.40. The lowest BCUT2D eigenvalue weighted by Gasteiger charge is -2.41. The van der Waals surface area contributed by atoms with Crippen LogP contribution in [0.1, 0.15) is 54.2 Å². The fraction of sp³-hybridized carbons (Fsp3) is 0.357. The van der Waals surface area contributed by atoms with Crippen LogP contribution in [0.5, 0.6) is 11.5 Å². The van der Waals surface area contributed by atoms with Crippen LogP contribution in [0, 0.1) is 5.41 Å². The van der Waals surface area contributed by atoms with Gasteiger partial charge < -0.3 is 10.5 Å². The van der Waals surface area contributed by atoms with Crippen molar-refractivity contribution in [2.75, 3.05) is 5.73 Å². The molecule has 0 amide bonds. The van der Waals surface area contributed by atoms with Gasteiger partial charge in [0.2, 0.25) is 0 Å². The highest BCUT2D eigenvalue weighted by molar-refractivity contribution is 5.66. The minimum Gasteiger partial charge on any atom is -0.455 e. The average Bonchev–Trinajstić information content (AvgIpc) is 3.39. The molecular formula is C28H28N2O. The summed E-state index contributed by atoms with van der Waals surface area (Å²) in [5.74, 6) is 2.98. The molecule has 1 saturated carbocycles. The second kappa shape index (κ2) is 6.37. The summed E-state index contributed by atoms with van der Waals surface area (Å²) >= 11 is 0. The Kier molecular flexibility index (Phi) is 3.67. The second-order valence-electron chi connectivity index (χ2n) is 10.0. The lowest BCUT2D eigenvalue weighted by atomic mass is 9.81. The van der Waals surface area contributed by atoms with E-state index in [1.165, 1.54) is 42.4 Å². The number of anilines is 1. The number of fused-ring (bicyclic) bond motifs is 9. The van der Waals surface area contributed by atoms with Crippen LogP contribution >= 0.6 is 0 Å². The Hall–Kier alpha value is -2.78. The monoisotopic (exact) mass is 408 g/mol. The summed E-state index contributed by atoms with van der Waals surface area (Å²) in [5.41, 5.74) is 11.7. The first-order valence-corrected chi connectivity index (χ1v) is 11.7. The number of ether oxygens (including phenoxy) is 1. The summed E-state index contributed by atoms with van der Waals surface area (Å²) in [7, 11) is 0. The summed E-state index contributed by atoms with van der Waals surface area (Å²) in [6, 6.07) is 27.4. The summed E-state index contributed by atoms with van der Waals surface area (Å²) in [4.78, 5) is 2.81. The van der Waals surface area contributed by atoms with Gasteiger partial charge in [-0.3, -0.25) is 4.90 Å². The van der Waals surface area contributed by atoms with E-state index < -0.39 is 0 Å². The normalized spacial score (nSPS) is 32.5. The third-order valence-electron chi connectivity index (χ3n) is 8.55. The van der Waals surface area contributed by atoms with Crippen molar-refractivity contribution in [3.05, 3.63) is 89.5 Å². The van der Waals surface area contributed by atoms with E-state index in [4.69, 9.17) is 10.5 Å². The Morgan fingerprint density at radius 3 is 2.29 bits per heavy atom. The van der Waals surface area contributed by atoms with Gasteiger partial charge in [0.15, 0.2) is 5.75 Å². The predicted octanol–water partition coefficient (Wildman–Crippen LogP) is 6.07. The lowest BCUT2D eigenvalue weighted by molar-refractivity contribution is 0.0808. The van der Waals surface area contributed by atoms with Gasteiger partial charge in [0.1, 0.15) is 5.75 Å². The van der Waals surface area contributed by atoms with E-state index in [1.54, 1.807) is 0 Å². The van der Waals surface area contributed by atoms with Crippen LogP contribution in [-0.4, -0.2) is 17.0 Å². The SMILES string of the molecule is Nc1cccc2c1Oc1ccccc1C1C2C12CC1CCC(C2)N1Cc1ccccc1. The van der Waals surface area contributed by atoms with Gasteiger partial charge in [0.25, 0.3) is 0 Å². The van der Waals surface area contributed by atoms with E-state index in [0.717, 1.165) is 23.7 Å². The molecule has 2 saturated heterocycles. The highest BCUT2D eigenvalue weighted by Crippen LogP contribution is 2.79. The van der Waals surface area contributed by atoms with E-state index in [-0.39, 0.29) is 0 Å². The molecule has 1 spiro atoms.